The third-order valence-electron chi connectivity index (χ3n) is 3.45. The van der Waals surface area contributed by atoms with E-state index in [1.807, 2.05) is 19.2 Å². The number of hydrogen-bond donors (Lipinski definition) is 0. The molecule has 1 aliphatic heterocycles. The van der Waals surface area contributed by atoms with Gasteiger partial charge in [0.2, 0.25) is 0 Å². The monoisotopic (exact) mass is 291 g/mol. The number of benzene rings is 1. The van der Waals surface area contributed by atoms with Crippen molar-refractivity contribution in [2.24, 2.45) is 0 Å². The molecule has 5 nitrogen and oxygen atoms in total. The van der Waals surface area contributed by atoms with Gasteiger partial charge in [-0.25, -0.2) is 0 Å². The van der Waals surface area contributed by atoms with Crippen LogP contribution in [0.1, 0.15) is 36.5 Å². The number of ether oxygens (including phenoxy) is 2. The van der Waals surface area contributed by atoms with E-state index in [-0.39, 0.29) is 11.8 Å². The number of hydrogen-bond acceptors (Lipinski definition) is 5. The Kier molecular flexibility index (Phi) is 5.20. The fourth-order valence-corrected chi connectivity index (χ4v) is 2.32. The van der Waals surface area contributed by atoms with Gasteiger partial charge in [0.05, 0.1) is 18.9 Å². The van der Waals surface area contributed by atoms with E-state index in [2.05, 4.69) is 4.90 Å². The molecule has 114 valence electrons. The van der Waals surface area contributed by atoms with E-state index in [1.165, 1.54) is 0 Å². The number of Topliss-reactive ketones (excluding diaryl/α,β-unsaturated/α-hetero) is 1. The Morgan fingerprint density at radius 1 is 1.38 bits per heavy atom. The molecule has 0 bridgehead atoms. The van der Waals surface area contributed by atoms with Gasteiger partial charge in [-0.15, -0.1) is 0 Å². The van der Waals surface area contributed by atoms with Crippen LogP contribution in [0.25, 0.3) is 0 Å². The smallest absolute Gasteiger partial charge is 0.305 e. The zero-order valence-corrected chi connectivity index (χ0v) is 12.6. The molecule has 1 aromatic rings. The molecule has 0 fully saturated rings. The molecule has 2 rings (SSSR count). The van der Waals surface area contributed by atoms with Crippen LogP contribution in [-0.2, 0) is 9.53 Å². The number of carbonyl (C=O) groups excluding carboxylic acids is 2. The first-order valence-corrected chi connectivity index (χ1v) is 7.28. The third-order valence-corrected chi connectivity index (χ3v) is 3.45. The molecule has 0 amide bonds. The van der Waals surface area contributed by atoms with Crippen LogP contribution in [0.2, 0.25) is 0 Å². The molecule has 0 aliphatic carbocycles. The van der Waals surface area contributed by atoms with Gasteiger partial charge in [-0.3, -0.25) is 9.59 Å². The van der Waals surface area contributed by atoms with Crippen molar-refractivity contribution in [2.75, 3.05) is 31.7 Å². The summed E-state index contributed by atoms with van der Waals surface area (Å²) in [4.78, 5) is 25.1. The summed E-state index contributed by atoms with van der Waals surface area (Å²) in [6.45, 7) is 3.39. The summed E-state index contributed by atoms with van der Waals surface area (Å²) in [5, 5.41) is 0. The van der Waals surface area contributed by atoms with Crippen LogP contribution in [0.4, 0.5) is 5.69 Å². The SMILES string of the molecule is CCOC(=O)CCCOc1ccc2c(c1)N(C)CCC2=O. The summed E-state index contributed by atoms with van der Waals surface area (Å²) in [6.07, 6.45) is 1.53. The average molecular weight is 291 g/mol. The standard InChI is InChI=1S/C16H21NO4/c1-3-20-16(19)5-4-10-21-12-6-7-13-14(11-12)17(2)9-8-15(13)18/h6-7,11H,3-5,8-10H2,1-2H3. The van der Waals surface area contributed by atoms with Gasteiger partial charge in [-0.05, 0) is 25.5 Å². The van der Waals surface area contributed by atoms with Gasteiger partial charge < -0.3 is 14.4 Å². The zero-order chi connectivity index (χ0) is 15.2. The van der Waals surface area contributed by atoms with Crippen LogP contribution >= 0.6 is 0 Å². The zero-order valence-electron chi connectivity index (χ0n) is 12.6. The summed E-state index contributed by atoms with van der Waals surface area (Å²) >= 11 is 0. The van der Waals surface area contributed by atoms with Crippen LogP contribution in [-0.4, -0.2) is 38.6 Å². The lowest BCUT2D eigenvalue weighted by molar-refractivity contribution is -0.143. The van der Waals surface area contributed by atoms with Crippen molar-refractivity contribution >= 4 is 17.4 Å². The highest BCUT2D eigenvalue weighted by molar-refractivity contribution is 6.03. The minimum Gasteiger partial charge on any atom is -0.494 e. The fraction of sp³-hybridized carbons (Fsp3) is 0.500. The van der Waals surface area contributed by atoms with E-state index < -0.39 is 0 Å². The molecule has 1 heterocycles. The highest BCUT2D eigenvalue weighted by Gasteiger charge is 2.20. The molecule has 1 aliphatic rings. The Labute approximate surface area is 124 Å². The van der Waals surface area contributed by atoms with E-state index in [1.54, 1.807) is 13.0 Å². The van der Waals surface area contributed by atoms with E-state index in [9.17, 15) is 9.59 Å². The van der Waals surface area contributed by atoms with E-state index in [4.69, 9.17) is 9.47 Å². The van der Waals surface area contributed by atoms with Crippen molar-refractivity contribution in [2.45, 2.75) is 26.2 Å². The van der Waals surface area contributed by atoms with Gasteiger partial charge >= 0.3 is 5.97 Å². The van der Waals surface area contributed by atoms with Crippen LogP contribution in [0.15, 0.2) is 18.2 Å². The summed E-state index contributed by atoms with van der Waals surface area (Å²) in [5.74, 6) is 0.702. The predicted octanol–water partition coefficient (Wildman–Crippen LogP) is 2.43. The van der Waals surface area contributed by atoms with Gasteiger partial charge in [0, 0.05) is 38.1 Å². The maximum absolute atomic E-state index is 11.8. The number of ketones is 1. The molecule has 1 aromatic carbocycles. The number of esters is 1. The summed E-state index contributed by atoms with van der Waals surface area (Å²) in [7, 11) is 1.97. The van der Waals surface area contributed by atoms with Gasteiger partial charge in [-0.2, -0.15) is 0 Å². The van der Waals surface area contributed by atoms with Crippen molar-refractivity contribution in [3.8, 4) is 5.75 Å². The normalized spacial score (nSPS) is 13.8. The molecule has 0 aromatic heterocycles. The van der Waals surface area contributed by atoms with Crippen molar-refractivity contribution in [3.05, 3.63) is 23.8 Å². The van der Waals surface area contributed by atoms with Gasteiger partial charge in [0.25, 0.3) is 0 Å². The van der Waals surface area contributed by atoms with Crippen molar-refractivity contribution < 1.29 is 19.1 Å². The molecule has 0 N–H and O–H groups in total. The molecule has 0 radical (unpaired) electrons. The van der Waals surface area contributed by atoms with Crippen molar-refractivity contribution in [1.29, 1.82) is 0 Å². The lowest BCUT2D eigenvalue weighted by Crippen LogP contribution is -2.28. The first kappa shape index (κ1) is 15.4. The second-order valence-electron chi connectivity index (χ2n) is 5.03. The van der Waals surface area contributed by atoms with Crippen LogP contribution in [0.5, 0.6) is 5.75 Å². The highest BCUT2D eigenvalue weighted by atomic mass is 16.5. The molecule has 0 atom stereocenters. The van der Waals surface area contributed by atoms with Crippen molar-refractivity contribution in [1.82, 2.24) is 0 Å². The minimum atomic E-state index is -0.197. The summed E-state index contributed by atoms with van der Waals surface area (Å²) in [6, 6.07) is 5.50. The fourth-order valence-electron chi connectivity index (χ4n) is 2.32. The Hall–Kier alpha value is -2.04. The van der Waals surface area contributed by atoms with E-state index >= 15 is 0 Å². The largest absolute Gasteiger partial charge is 0.494 e. The summed E-state index contributed by atoms with van der Waals surface area (Å²) in [5.41, 5.74) is 1.66. The number of anilines is 1. The van der Waals surface area contributed by atoms with E-state index in [0.717, 1.165) is 23.5 Å². The Morgan fingerprint density at radius 3 is 2.95 bits per heavy atom. The molecule has 5 heteroatoms. The Balaban J connectivity index is 1.89. The molecule has 0 saturated carbocycles. The van der Waals surface area contributed by atoms with Crippen LogP contribution < -0.4 is 9.64 Å². The number of nitrogens with zero attached hydrogens (tertiary/aromatic N) is 1. The average Bonchev–Trinajstić information content (AvgIpc) is 2.48. The number of carbonyl (C=O) groups is 2. The Morgan fingerprint density at radius 2 is 2.19 bits per heavy atom. The second kappa shape index (κ2) is 7.11. The van der Waals surface area contributed by atoms with Gasteiger partial charge in [0.1, 0.15) is 5.75 Å². The van der Waals surface area contributed by atoms with Crippen molar-refractivity contribution in [3.63, 3.8) is 0 Å². The van der Waals surface area contributed by atoms with E-state index in [0.29, 0.717) is 32.5 Å². The highest BCUT2D eigenvalue weighted by Crippen LogP contribution is 2.30. The maximum Gasteiger partial charge on any atom is 0.305 e. The lowest BCUT2D eigenvalue weighted by atomic mass is 10.0. The third kappa shape index (κ3) is 3.97. The van der Waals surface area contributed by atoms with Gasteiger partial charge in [0.15, 0.2) is 5.78 Å². The first-order chi connectivity index (χ1) is 10.1. The summed E-state index contributed by atoms with van der Waals surface area (Å²) < 4.78 is 10.5. The minimum absolute atomic E-state index is 0.178. The van der Waals surface area contributed by atoms with Gasteiger partial charge in [-0.1, -0.05) is 0 Å². The molecule has 0 spiro atoms. The molecule has 21 heavy (non-hydrogen) atoms. The number of rotatable bonds is 6. The quantitative estimate of drug-likeness (QED) is 0.595. The molecule has 0 saturated heterocycles. The number of fused-ring (bicyclic) bond motifs is 1. The first-order valence-electron chi connectivity index (χ1n) is 7.28. The van der Waals surface area contributed by atoms with Crippen LogP contribution in [0.3, 0.4) is 0 Å². The molecular weight excluding hydrogens is 270 g/mol. The molecule has 0 unspecified atom stereocenters. The lowest BCUT2D eigenvalue weighted by Gasteiger charge is -2.26. The Bertz CT molecular complexity index is 527. The van der Waals surface area contributed by atoms with Crippen LogP contribution in [0, 0.1) is 0 Å². The predicted molar refractivity (Wildman–Crippen MR) is 80.0 cm³/mol. The molecular formula is C16H21NO4. The second-order valence-corrected chi connectivity index (χ2v) is 5.03. The topological polar surface area (TPSA) is 55.8 Å². The maximum atomic E-state index is 11.8.